The average molecular weight is 294 g/mol. The Morgan fingerprint density at radius 1 is 0.909 bits per heavy atom. The van der Waals surface area contributed by atoms with Crippen molar-refractivity contribution in [1.29, 1.82) is 0 Å². The summed E-state index contributed by atoms with van der Waals surface area (Å²) in [7, 11) is 0. The van der Waals surface area contributed by atoms with Gasteiger partial charge in [0.1, 0.15) is 0 Å². The number of hydrogen-bond donors (Lipinski definition) is 1. The molecule has 0 saturated heterocycles. The highest BCUT2D eigenvalue weighted by Gasteiger charge is 2.34. The summed E-state index contributed by atoms with van der Waals surface area (Å²) in [4.78, 5) is 25.7. The third-order valence-corrected chi connectivity index (χ3v) is 3.90. The first-order valence-electron chi connectivity index (χ1n) is 7.37. The van der Waals surface area contributed by atoms with Gasteiger partial charge in [0, 0.05) is 5.69 Å². The number of nitrogens with zero attached hydrogens (tertiary/aromatic N) is 1. The summed E-state index contributed by atoms with van der Waals surface area (Å²) in [5.41, 5.74) is 3.10. The Bertz CT molecular complexity index is 685. The molecule has 0 aromatic heterocycles. The fraction of sp³-hybridized carbons (Fsp3) is 0.222. The lowest BCUT2D eigenvalue weighted by molar-refractivity contribution is 0.0666. The minimum atomic E-state index is -0.244. The zero-order chi connectivity index (χ0) is 15.7. The predicted molar refractivity (Wildman–Crippen MR) is 86.0 cm³/mol. The number of carbonyl (C=O) groups is 2. The van der Waals surface area contributed by atoms with Gasteiger partial charge in [-0.2, -0.15) is 0 Å². The fourth-order valence-corrected chi connectivity index (χ4v) is 2.54. The van der Waals surface area contributed by atoms with Gasteiger partial charge >= 0.3 is 0 Å². The number of fused-ring (bicyclic) bond motifs is 1. The van der Waals surface area contributed by atoms with Gasteiger partial charge in [-0.05, 0) is 35.7 Å². The minimum absolute atomic E-state index is 0.174. The molecule has 0 bridgehead atoms. The Labute approximate surface area is 129 Å². The van der Waals surface area contributed by atoms with Gasteiger partial charge in [-0.15, -0.1) is 0 Å². The van der Waals surface area contributed by atoms with E-state index in [1.54, 1.807) is 24.3 Å². The Morgan fingerprint density at radius 2 is 1.45 bits per heavy atom. The van der Waals surface area contributed by atoms with Crippen molar-refractivity contribution in [2.24, 2.45) is 0 Å². The molecule has 0 spiro atoms. The van der Waals surface area contributed by atoms with Crippen LogP contribution >= 0.6 is 0 Å². The molecule has 4 heteroatoms. The van der Waals surface area contributed by atoms with Crippen molar-refractivity contribution in [2.45, 2.75) is 19.8 Å². The quantitative estimate of drug-likeness (QED) is 0.878. The monoisotopic (exact) mass is 294 g/mol. The maximum Gasteiger partial charge on any atom is 0.263 e. The van der Waals surface area contributed by atoms with Gasteiger partial charge in [0.25, 0.3) is 11.8 Å². The lowest BCUT2D eigenvalue weighted by Crippen LogP contribution is -2.34. The molecule has 0 aliphatic carbocycles. The molecule has 2 amide bonds. The van der Waals surface area contributed by atoms with E-state index in [1.807, 2.05) is 12.1 Å². The molecule has 2 aromatic rings. The van der Waals surface area contributed by atoms with E-state index < -0.39 is 0 Å². The molecule has 4 nitrogen and oxygen atoms in total. The van der Waals surface area contributed by atoms with Crippen molar-refractivity contribution < 1.29 is 9.59 Å². The van der Waals surface area contributed by atoms with E-state index in [2.05, 4.69) is 31.3 Å². The molecule has 2 aromatic carbocycles. The van der Waals surface area contributed by atoms with E-state index in [1.165, 1.54) is 10.5 Å². The largest absolute Gasteiger partial charge is 0.367 e. The van der Waals surface area contributed by atoms with E-state index in [9.17, 15) is 9.59 Å². The second-order valence-electron chi connectivity index (χ2n) is 5.70. The molecule has 0 unspecified atom stereocenters. The van der Waals surface area contributed by atoms with Crippen LogP contribution in [0.15, 0.2) is 48.5 Å². The van der Waals surface area contributed by atoms with Crippen LogP contribution in [0.1, 0.15) is 46.0 Å². The van der Waals surface area contributed by atoms with Gasteiger partial charge < -0.3 is 5.32 Å². The standard InChI is InChI=1S/C18H18N2O2/c1-12(2)13-7-9-14(10-8-13)19-11-20-17(21)15-5-3-4-6-16(15)18(20)22/h3-10,12,19H,11H2,1-2H3. The fourth-order valence-electron chi connectivity index (χ4n) is 2.54. The third kappa shape index (κ3) is 2.48. The topological polar surface area (TPSA) is 49.4 Å². The Morgan fingerprint density at radius 3 is 1.95 bits per heavy atom. The summed E-state index contributed by atoms with van der Waals surface area (Å²) in [5, 5.41) is 3.13. The average Bonchev–Trinajstić information content (AvgIpc) is 2.78. The minimum Gasteiger partial charge on any atom is -0.367 e. The van der Waals surface area contributed by atoms with Crippen molar-refractivity contribution in [1.82, 2.24) is 4.90 Å². The molecule has 0 atom stereocenters. The summed E-state index contributed by atoms with van der Waals surface area (Å²) < 4.78 is 0. The predicted octanol–water partition coefficient (Wildman–Crippen LogP) is 3.48. The van der Waals surface area contributed by atoms with E-state index in [0.717, 1.165) is 5.69 Å². The lowest BCUT2D eigenvalue weighted by Gasteiger charge is -2.16. The number of hydrogen-bond acceptors (Lipinski definition) is 3. The van der Waals surface area contributed by atoms with Crippen LogP contribution in [0.25, 0.3) is 0 Å². The van der Waals surface area contributed by atoms with Gasteiger partial charge in [-0.25, -0.2) is 0 Å². The van der Waals surface area contributed by atoms with Gasteiger partial charge in [-0.1, -0.05) is 38.1 Å². The number of imide groups is 1. The summed E-state index contributed by atoms with van der Waals surface area (Å²) in [5.74, 6) is -0.0101. The third-order valence-electron chi connectivity index (χ3n) is 3.90. The Kier molecular flexibility index (Phi) is 3.67. The second kappa shape index (κ2) is 5.64. The first-order valence-corrected chi connectivity index (χ1v) is 7.37. The summed E-state index contributed by atoms with van der Waals surface area (Å²) in [6.07, 6.45) is 0. The number of nitrogens with one attached hydrogen (secondary N) is 1. The maximum absolute atomic E-state index is 12.2. The molecule has 1 aliphatic heterocycles. The zero-order valence-corrected chi connectivity index (χ0v) is 12.7. The molecule has 1 heterocycles. The van der Waals surface area contributed by atoms with Crippen LogP contribution < -0.4 is 5.32 Å². The van der Waals surface area contributed by atoms with Gasteiger partial charge in [0.2, 0.25) is 0 Å². The molecule has 1 N–H and O–H groups in total. The number of carbonyl (C=O) groups excluding carboxylic acids is 2. The van der Waals surface area contributed by atoms with Crippen molar-refractivity contribution in [3.8, 4) is 0 Å². The van der Waals surface area contributed by atoms with Crippen LogP contribution in [-0.2, 0) is 0 Å². The number of amides is 2. The van der Waals surface area contributed by atoms with Crippen LogP contribution in [0.5, 0.6) is 0 Å². The zero-order valence-electron chi connectivity index (χ0n) is 12.7. The molecule has 1 aliphatic rings. The molecular formula is C18H18N2O2. The SMILES string of the molecule is CC(C)c1ccc(NCN2C(=O)c3ccccc3C2=O)cc1. The van der Waals surface area contributed by atoms with Crippen LogP contribution in [0.4, 0.5) is 5.69 Å². The van der Waals surface area contributed by atoms with E-state index in [-0.39, 0.29) is 18.5 Å². The van der Waals surface area contributed by atoms with E-state index in [0.29, 0.717) is 17.0 Å². The smallest absolute Gasteiger partial charge is 0.263 e. The van der Waals surface area contributed by atoms with Gasteiger partial charge in [-0.3, -0.25) is 14.5 Å². The molecule has 3 rings (SSSR count). The first kappa shape index (κ1) is 14.3. The molecule has 112 valence electrons. The highest BCUT2D eigenvalue weighted by molar-refractivity contribution is 6.21. The molecule has 0 saturated carbocycles. The normalized spacial score (nSPS) is 13.7. The molecular weight excluding hydrogens is 276 g/mol. The maximum atomic E-state index is 12.2. The summed E-state index contributed by atoms with van der Waals surface area (Å²) >= 11 is 0. The van der Waals surface area contributed by atoms with Crippen molar-refractivity contribution in [3.63, 3.8) is 0 Å². The van der Waals surface area contributed by atoms with Crippen molar-refractivity contribution >= 4 is 17.5 Å². The summed E-state index contributed by atoms with van der Waals surface area (Å²) in [6, 6.07) is 14.9. The molecule has 0 fully saturated rings. The Hall–Kier alpha value is -2.62. The lowest BCUT2D eigenvalue weighted by atomic mass is 10.0. The number of rotatable bonds is 4. The molecule has 22 heavy (non-hydrogen) atoms. The second-order valence-corrected chi connectivity index (χ2v) is 5.70. The van der Waals surface area contributed by atoms with Crippen LogP contribution in [-0.4, -0.2) is 23.4 Å². The van der Waals surface area contributed by atoms with Gasteiger partial charge in [0.15, 0.2) is 0 Å². The molecule has 0 radical (unpaired) electrons. The highest BCUT2D eigenvalue weighted by Crippen LogP contribution is 2.23. The van der Waals surface area contributed by atoms with E-state index in [4.69, 9.17) is 0 Å². The van der Waals surface area contributed by atoms with Crippen LogP contribution in [0.3, 0.4) is 0 Å². The Balaban J connectivity index is 1.70. The van der Waals surface area contributed by atoms with Crippen molar-refractivity contribution in [2.75, 3.05) is 12.0 Å². The van der Waals surface area contributed by atoms with Gasteiger partial charge in [0.05, 0.1) is 17.8 Å². The van der Waals surface area contributed by atoms with Crippen LogP contribution in [0.2, 0.25) is 0 Å². The first-order chi connectivity index (χ1) is 10.6. The van der Waals surface area contributed by atoms with Crippen molar-refractivity contribution in [3.05, 3.63) is 65.2 Å². The van der Waals surface area contributed by atoms with Crippen LogP contribution in [0, 0.1) is 0 Å². The number of benzene rings is 2. The van der Waals surface area contributed by atoms with E-state index >= 15 is 0 Å². The number of anilines is 1. The summed E-state index contributed by atoms with van der Waals surface area (Å²) in [6.45, 7) is 4.45. The highest BCUT2D eigenvalue weighted by atomic mass is 16.2.